The fraction of sp³-hybridized carbons (Fsp3) is 0.222. The van der Waals surface area contributed by atoms with Gasteiger partial charge in [-0.2, -0.15) is 4.68 Å². The Kier molecular flexibility index (Phi) is 5.52. The summed E-state index contributed by atoms with van der Waals surface area (Å²) in [5, 5.41) is 24.4. The van der Waals surface area contributed by atoms with Crippen LogP contribution >= 0.6 is 11.8 Å². The van der Waals surface area contributed by atoms with Gasteiger partial charge in [0.15, 0.2) is 0 Å². The van der Waals surface area contributed by atoms with E-state index >= 15 is 0 Å². The summed E-state index contributed by atoms with van der Waals surface area (Å²) in [5.41, 5.74) is 2.63. The predicted molar refractivity (Wildman–Crippen MR) is 101 cm³/mol. The van der Waals surface area contributed by atoms with Crippen LogP contribution in [0.25, 0.3) is 5.69 Å². The van der Waals surface area contributed by atoms with E-state index in [1.54, 1.807) is 24.3 Å². The molecule has 1 heterocycles. The number of hydrogen-bond acceptors (Lipinski definition) is 6. The second kappa shape index (κ2) is 8.01. The zero-order valence-corrected chi connectivity index (χ0v) is 15.3. The quantitative estimate of drug-likeness (QED) is 0.648. The van der Waals surface area contributed by atoms with Gasteiger partial charge in [0.05, 0.1) is 11.4 Å². The minimum atomic E-state index is -0.122. The van der Waals surface area contributed by atoms with E-state index in [-0.39, 0.29) is 17.4 Å². The molecule has 0 saturated carbocycles. The first-order chi connectivity index (χ1) is 12.5. The van der Waals surface area contributed by atoms with Crippen molar-refractivity contribution < 1.29 is 9.90 Å². The summed E-state index contributed by atoms with van der Waals surface area (Å²) in [6, 6.07) is 14.3. The Morgan fingerprint density at radius 1 is 1.19 bits per heavy atom. The molecule has 0 aliphatic rings. The van der Waals surface area contributed by atoms with Crippen LogP contribution in [0.15, 0.2) is 53.7 Å². The van der Waals surface area contributed by atoms with Crippen LogP contribution in [-0.4, -0.2) is 37.0 Å². The molecule has 0 bridgehead atoms. The van der Waals surface area contributed by atoms with Crippen molar-refractivity contribution in [3.63, 3.8) is 0 Å². The second-order valence-corrected chi connectivity index (χ2v) is 6.91. The number of anilines is 1. The van der Waals surface area contributed by atoms with Crippen LogP contribution in [0.2, 0.25) is 0 Å². The lowest BCUT2D eigenvalue weighted by Crippen LogP contribution is -2.16. The van der Waals surface area contributed by atoms with Crippen LogP contribution in [0.5, 0.6) is 5.75 Å². The summed E-state index contributed by atoms with van der Waals surface area (Å²) >= 11 is 1.25. The van der Waals surface area contributed by atoms with Crippen LogP contribution in [0.4, 0.5) is 5.69 Å². The molecule has 3 rings (SSSR count). The van der Waals surface area contributed by atoms with Gasteiger partial charge in [0.2, 0.25) is 11.1 Å². The lowest BCUT2D eigenvalue weighted by Gasteiger charge is -2.13. The van der Waals surface area contributed by atoms with Crippen molar-refractivity contribution in [1.29, 1.82) is 0 Å². The zero-order valence-electron chi connectivity index (χ0n) is 14.5. The van der Waals surface area contributed by atoms with Gasteiger partial charge in [-0.05, 0) is 52.2 Å². The van der Waals surface area contributed by atoms with Gasteiger partial charge in [-0.3, -0.25) is 4.79 Å². The molecule has 7 nitrogen and oxygen atoms in total. The van der Waals surface area contributed by atoms with Crippen LogP contribution in [0.1, 0.15) is 25.3 Å². The molecule has 3 aromatic rings. The van der Waals surface area contributed by atoms with Crippen molar-refractivity contribution in [2.45, 2.75) is 24.9 Å². The first-order valence-electron chi connectivity index (χ1n) is 8.14. The Balaban J connectivity index is 1.66. The molecule has 2 aromatic carbocycles. The van der Waals surface area contributed by atoms with Gasteiger partial charge in [-0.25, -0.2) is 0 Å². The lowest BCUT2D eigenvalue weighted by atomic mass is 10.0. The minimum absolute atomic E-state index is 0.122. The largest absolute Gasteiger partial charge is 0.508 e. The van der Waals surface area contributed by atoms with Gasteiger partial charge in [0.1, 0.15) is 5.75 Å². The Bertz CT molecular complexity index is 893. The van der Waals surface area contributed by atoms with E-state index in [4.69, 9.17) is 0 Å². The standard InChI is InChI=1S/C18H19N5O2S/c1-12(2)15-5-3-4-6-16(15)19-17(25)11-26-18-20-21-22-23(18)13-7-9-14(24)10-8-13/h3-10,12,24H,11H2,1-2H3,(H,19,25). The summed E-state index contributed by atoms with van der Waals surface area (Å²) in [5.74, 6) is 0.550. The summed E-state index contributed by atoms with van der Waals surface area (Å²) in [6.45, 7) is 4.18. The van der Waals surface area contributed by atoms with Crippen molar-refractivity contribution in [2.24, 2.45) is 0 Å². The highest BCUT2D eigenvalue weighted by atomic mass is 32.2. The number of thioether (sulfide) groups is 1. The molecule has 0 saturated heterocycles. The molecular weight excluding hydrogens is 350 g/mol. The molecule has 0 radical (unpaired) electrons. The van der Waals surface area contributed by atoms with E-state index in [9.17, 15) is 9.90 Å². The molecule has 0 aliphatic heterocycles. The number of aromatic nitrogens is 4. The third-order valence-electron chi connectivity index (χ3n) is 3.72. The Morgan fingerprint density at radius 3 is 2.65 bits per heavy atom. The number of benzene rings is 2. The first kappa shape index (κ1) is 17.9. The molecular formula is C18H19N5O2S. The number of rotatable bonds is 6. The molecule has 8 heteroatoms. The third kappa shape index (κ3) is 4.20. The topological polar surface area (TPSA) is 92.9 Å². The average molecular weight is 369 g/mol. The number of hydrogen-bond donors (Lipinski definition) is 2. The Labute approximate surface area is 155 Å². The number of amides is 1. The fourth-order valence-electron chi connectivity index (χ4n) is 2.46. The molecule has 1 aromatic heterocycles. The maximum Gasteiger partial charge on any atom is 0.234 e. The van der Waals surface area contributed by atoms with Crippen molar-refractivity contribution >= 4 is 23.4 Å². The van der Waals surface area contributed by atoms with Crippen LogP contribution in [0, 0.1) is 0 Å². The first-order valence-corrected chi connectivity index (χ1v) is 9.12. The molecule has 0 unspecified atom stereocenters. The van der Waals surface area contributed by atoms with Gasteiger partial charge < -0.3 is 10.4 Å². The lowest BCUT2D eigenvalue weighted by molar-refractivity contribution is -0.113. The van der Waals surface area contributed by atoms with E-state index in [1.807, 2.05) is 24.3 Å². The predicted octanol–water partition coefficient (Wildman–Crippen LogP) is 3.22. The van der Waals surface area contributed by atoms with Crippen LogP contribution in [-0.2, 0) is 4.79 Å². The number of phenols is 1. The molecule has 2 N–H and O–H groups in total. The highest BCUT2D eigenvalue weighted by Crippen LogP contribution is 2.24. The smallest absolute Gasteiger partial charge is 0.234 e. The molecule has 1 amide bonds. The van der Waals surface area contributed by atoms with Crippen molar-refractivity contribution in [1.82, 2.24) is 20.2 Å². The SMILES string of the molecule is CC(C)c1ccccc1NC(=O)CSc1nnnn1-c1ccc(O)cc1. The number of phenolic OH excluding ortho intramolecular Hbond substituents is 1. The molecule has 26 heavy (non-hydrogen) atoms. The van der Waals surface area contributed by atoms with E-state index in [1.165, 1.54) is 16.4 Å². The monoisotopic (exact) mass is 369 g/mol. The number of carbonyl (C=O) groups excluding carboxylic acids is 1. The van der Waals surface area contributed by atoms with Crippen LogP contribution in [0.3, 0.4) is 0 Å². The fourth-order valence-corrected chi connectivity index (χ4v) is 3.15. The Hall–Kier alpha value is -2.87. The molecule has 0 atom stereocenters. The maximum absolute atomic E-state index is 12.3. The van der Waals surface area contributed by atoms with Crippen molar-refractivity contribution in [3.05, 3.63) is 54.1 Å². The van der Waals surface area contributed by atoms with Crippen LogP contribution < -0.4 is 5.32 Å². The van der Waals surface area contributed by atoms with Gasteiger partial charge in [-0.1, -0.05) is 43.8 Å². The third-order valence-corrected chi connectivity index (χ3v) is 4.64. The van der Waals surface area contributed by atoms with Gasteiger partial charge in [0.25, 0.3) is 0 Å². The molecule has 0 fully saturated rings. The van der Waals surface area contributed by atoms with Crippen molar-refractivity contribution in [2.75, 3.05) is 11.1 Å². The van der Waals surface area contributed by atoms with Gasteiger partial charge >= 0.3 is 0 Å². The number of nitrogens with one attached hydrogen (secondary N) is 1. The number of carbonyl (C=O) groups is 1. The summed E-state index contributed by atoms with van der Waals surface area (Å²) < 4.78 is 1.53. The summed E-state index contributed by atoms with van der Waals surface area (Å²) in [4.78, 5) is 12.3. The summed E-state index contributed by atoms with van der Waals surface area (Å²) in [6.07, 6.45) is 0. The number of para-hydroxylation sites is 1. The van der Waals surface area contributed by atoms with Crippen molar-refractivity contribution in [3.8, 4) is 11.4 Å². The average Bonchev–Trinajstić information content (AvgIpc) is 3.09. The van der Waals surface area contributed by atoms with E-state index < -0.39 is 0 Å². The maximum atomic E-state index is 12.3. The normalized spacial score (nSPS) is 10.9. The van der Waals surface area contributed by atoms with E-state index in [0.717, 1.165) is 11.3 Å². The molecule has 134 valence electrons. The highest BCUT2D eigenvalue weighted by molar-refractivity contribution is 7.99. The molecule has 0 spiro atoms. The number of tetrazole rings is 1. The second-order valence-electron chi connectivity index (χ2n) is 5.97. The highest BCUT2D eigenvalue weighted by Gasteiger charge is 2.13. The van der Waals surface area contributed by atoms with E-state index in [2.05, 4.69) is 34.7 Å². The van der Waals surface area contributed by atoms with E-state index in [0.29, 0.717) is 16.8 Å². The number of nitrogens with zero attached hydrogens (tertiary/aromatic N) is 4. The molecule has 0 aliphatic carbocycles. The van der Waals surface area contributed by atoms with Gasteiger partial charge in [0, 0.05) is 5.69 Å². The number of aromatic hydroxyl groups is 1. The zero-order chi connectivity index (χ0) is 18.5. The minimum Gasteiger partial charge on any atom is -0.508 e. The Morgan fingerprint density at radius 2 is 1.92 bits per heavy atom. The summed E-state index contributed by atoms with van der Waals surface area (Å²) in [7, 11) is 0. The van der Waals surface area contributed by atoms with Gasteiger partial charge in [-0.15, -0.1) is 5.10 Å².